The van der Waals surface area contributed by atoms with Crippen molar-refractivity contribution in [1.82, 2.24) is 10.6 Å². The van der Waals surface area contributed by atoms with Gasteiger partial charge in [0.15, 0.2) is 11.5 Å². The second kappa shape index (κ2) is 10.1. The Kier molecular flexibility index (Phi) is 7.49. The van der Waals surface area contributed by atoms with Crippen molar-refractivity contribution >= 4 is 11.8 Å². The Hall–Kier alpha value is -3.22. The SMILES string of the molecule is COc1ccc(CCNC(=O)CNC(=O)c2ccc(OC)c(OC)c2)cc1. The van der Waals surface area contributed by atoms with Gasteiger partial charge < -0.3 is 24.8 Å². The molecule has 0 unspecified atom stereocenters. The van der Waals surface area contributed by atoms with E-state index in [0.29, 0.717) is 30.0 Å². The number of carbonyl (C=O) groups is 2. The molecule has 0 aliphatic rings. The molecule has 2 aromatic carbocycles. The predicted molar refractivity (Wildman–Crippen MR) is 102 cm³/mol. The lowest BCUT2D eigenvalue weighted by Crippen LogP contribution is -2.37. The van der Waals surface area contributed by atoms with Crippen molar-refractivity contribution in [1.29, 1.82) is 0 Å². The van der Waals surface area contributed by atoms with Gasteiger partial charge >= 0.3 is 0 Å². The summed E-state index contributed by atoms with van der Waals surface area (Å²) in [6.45, 7) is 0.382. The molecular formula is C20H24N2O5. The highest BCUT2D eigenvalue weighted by atomic mass is 16.5. The highest BCUT2D eigenvalue weighted by molar-refractivity contribution is 5.97. The van der Waals surface area contributed by atoms with E-state index in [2.05, 4.69) is 10.6 Å². The molecule has 0 heterocycles. The van der Waals surface area contributed by atoms with E-state index in [0.717, 1.165) is 11.3 Å². The van der Waals surface area contributed by atoms with Crippen LogP contribution in [0.3, 0.4) is 0 Å². The van der Waals surface area contributed by atoms with Gasteiger partial charge in [-0.25, -0.2) is 0 Å². The molecule has 0 aliphatic heterocycles. The van der Waals surface area contributed by atoms with E-state index in [9.17, 15) is 9.59 Å². The largest absolute Gasteiger partial charge is 0.497 e. The smallest absolute Gasteiger partial charge is 0.251 e. The summed E-state index contributed by atoms with van der Waals surface area (Å²) in [6.07, 6.45) is 0.694. The van der Waals surface area contributed by atoms with Crippen LogP contribution in [0.2, 0.25) is 0 Å². The van der Waals surface area contributed by atoms with Crippen molar-refractivity contribution in [3.8, 4) is 17.2 Å². The summed E-state index contributed by atoms with van der Waals surface area (Å²) in [6, 6.07) is 12.5. The average molecular weight is 372 g/mol. The van der Waals surface area contributed by atoms with E-state index >= 15 is 0 Å². The van der Waals surface area contributed by atoms with Gasteiger partial charge in [-0.3, -0.25) is 9.59 Å². The second-order valence-electron chi connectivity index (χ2n) is 5.70. The molecule has 0 spiro atoms. The van der Waals surface area contributed by atoms with Crippen molar-refractivity contribution in [3.63, 3.8) is 0 Å². The van der Waals surface area contributed by atoms with Crippen molar-refractivity contribution in [2.75, 3.05) is 34.4 Å². The van der Waals surface area contributed by atoms with Crippen LogP contribution in [-0.2, 0) is 11.2 Å². The first-order valence-corrected chi connectivity index (χ1v) is 8.47. The Labute approximate surface area is 158 Å². The zero-order chi connectivity index (χ0) is 19.6. The first-order chi connectivity index (χ1) is 13.1. The first kappa shape index (κ1) is 20.1. The van der Waals surface area contributed by atoms with Crippen molar-refractivity contribution in [3.05, 3.63) is 53.6 Å². The molecule has 2 rings (SSSR count). The Morgan fingerprint density at radius 2 is 1.56 bits per heavy atom. The Morgan fingerprint density at radius 1 is 0.852 bits per heavy atom. The Morgan fingerprint density at radius 3 is 2.19 bits per heavy atom. The number of carbonyl (C=O) groups excluding carboxylic acids is 2. The van der Waals surface area contributed by atoms with E-state index in [-0.39, 0.29) is 18.4 Å². The van der Waals surface area contributed by atoms with Crippen LogP contribution < -0.4 is 24.8 Å². The van der Waals surface area contributed by atoms with E-state index < -0.39 is 0 Å². The van der Waals surface area contributed by atoms with Gasteiger partial charge in [0.2, 0.25) is 5.91 Å². The Balaban J connectivity index is 1.76. The molecule has 0 fully saturated rings. The van der Waals surface area contributed by atoms with E-state index in [4.69, 9.17) is 14.2 Å². The molecule has 2 N–H and O–H groups in total. The summed E-state index contributed by atoms with van der Waals surface area (Å²) < 4.78 is 15.4. The number of rotatable bonds is 9. The average Bonchev–Trinajstić information content (AvgIpc) is 2.71. The standard InChI is InChI=1S/C20H24N2O5/c1-25-16-7-4-14(5-8-16)10-11-21-19(23)13-22-20(24)15-6-9-17(26-2)18(12-15)27-3/h4-9,12H,10-11,13H2,1-3H3,(H,21,23)(H,22,24). The van der Waals surface area contributed by atoms with E-state index in [1.165, 1.54) is 14.2 Å². The maximum absolute atomic E-state index is 12.2. The second-order valence-corrected chi connectivity index (χ2v) is 5.70. The van der Waals surface area contributed by atoms with Gasteiger partial charge in [0.1, 0.15) is 5.75 Å². The minimum Gasteiger partial charge on any atom is -0.497 e. The van der Waals surface area contributed by atoms with Crippen LogP contribution in [-0.4, -0.2) is 46.2 Å². The third kappa shape index (κ3) is 5.91. The molecule has 0 bridgehead atoms. The van der Waals surface area contributed by atoms with Gasteiger partial charge in [-0.05, 0) is 42.3 Å². The fourth-order valence-electron chi connectivity index (χ4n) is 2.44. The summed E-state index contributed by atoms with van der Waals surface area (Å²) in [5.74, 6) is 1.17. The predicted octanol–water partition coefficient (Wildman–Crippen LogP) is 1.80. The van der Waals surface area contributed by atoms with Gasteiger partial charge in [0.25, 0.3) is 5.91 Å². The third-order valence-electron chi connectivity index (χ3n) is 3.95. The molecule has 0 aromatic heterocycles. The number of amides is 2. The number of benzene rings is 2. The van der Waals surface area contributed by atoms with Crippen LogP contribution in [0.1, 0.15) is 15.9 Å². The van der Waals surface area contributed by atoms with Gasteiger partial charge in [-0.2, -0.15) is 0 Å². The monoisotopic (exact) mass is 372 g/mol. The van der Waals surface area contributed by atoms with Gasteiger partial charge in [-0.1, -0.05) is 12.1 Å². The molecule has 27 heavy (non-hydrogen) atoms. The fraction of sp³-hybridized carbons (Fsp3) is 0.300. The molecule has 144 valence electrons. The van der Waals surface area contributed by atoms with Crippen molar-refractivity contribution < 1.29 is 23.8 Å². The molecule has 7 heteroatoms. The van der Waals surface area contributed by atoms with Crippen LogP contribution >= 0.6 is 0 Å². The normalized spacial score (nSPS) is 10.0. The van der Waals surface area contributed by atoms with Gasteiger partial charge in [0.05, 0.1) is 27.9 Å². The highest BCUT2D eigenvalue weighted by Gasteiger charge is 2.11. The zero-order valence-corrected chi connectivity index (χ0v) is 15.7. The van der Waals surface area contributed by atoms with E-state index in [1.54, 1.807) is 25.3 Å². The summed E-state index contributed by atoms with van der Waals surface area (Å²) >= 11 is 0. The lowest BCUT2D eigenvalue weighted by Gasteiger charge is -2.10. The van der Waals surface area contributed by atoms with Crippen LogP contribution in [0.5, 0.6) is 17.2 Å². The number of hydrogen-bond acceptors (Lipinski definition) is 5. The summed E-state index contributed by atoms with van der Waals surface area (Å²) in [5, 5.41) is 5.37. The van der Waals surface area contributed by atoms with Crippen LogP contribution in [0.4, 0.5) is 0 Å². The number of ether oxygens (including phenoxy) is 3. The molecular weight excluding hydrogens is 348 g/mol. The highest BCUT2D eigenvalue weighted by Crippen LogP contribution is 2.27. The number of hydrogen-bond donors (Lipinski definition) is 2. The number of methoxy groups -OCH3 is 3. The van der Waals surface area contributed by atoms with Crippen molar-refractivity contribution in [2.24, 2.45) is 0 Å². The van der Waals surface area contributed by atoms with Crippen LogP contribution in [0.25, 0.3) is 0 Å². The zero-order valence-electron chi connectivity index (χ0n) is 15.7. The lowest BCUT2D eigenvalue weighted by molar-refractivity contribution is -0.120. The first-order valence-electron chi connectivity index (χ1n) is 8.47. The lowest BCUT2D eigenvalue weighted by atomic mass is 10.1. The van der Waals surface area contributed by atoms with Gasteiger partial charge in [-0.15, -0.1) is 0 Å². The Bertz CT molecular complexity index is 774. The van der Waals surface area contributed by atoms with Crippen molar-refractivity contribution in [2.45, 2.75) is 6.42 Å². The quantitative estimate of drug-likeness (QED) is 0.701. The summed E-state index contributed by atoms with van der Waals surface area (Å²) in [7, 11) is 4.63. The molecule has 2 amide bonds. The maximum Gasteiger partial charge on any atom is 0.251 e. The summed E-state index contributed by atoms with van der Waals surface area (Å²) in [5.41, 5.74) is 1.48. The molecule has 2 aromatic rings. The number of nitrogens with one attached hydrogen (secondary N) is 2. The molecule has 0 saturated heterocycles. The molecule has 0 saturated carbocycles. The maximum atomic E-state index is 12.2. The summed E-state index contributed by atoms with van der Waals surface area (Å²) in [4.78, 5) is 24.1. The fourth-order valence-corrected chi connectivity index (χ4v) is 2.44. The molecule has 7 nitrogen and oxygen atoms in total. The van der Waals surface area contributed by atoms with Crippen LogP contribution in [0, 0.1) is 0 Å². The minimum atomic E-state index is -0.360. The third-order valence-corrected chi connectivity index (χ3v) is 3.95. The van der Waals surface area contributed by atoms with E-state index in [1.807, 2.05) is 24.3 Å². The van der Waals surface area contributed by atoms with Gasteiger partial charge in [0, 0.05) is 12.1 Å². The molecule has 0 atom stereocenters. The molecule has 0 radical (unpaired) electrons. The van der Waals surface area contributed by atoms with Crippen LogP contribution in [0.15, 0.2) is 42.5 Å². The molecule has 0 aliphatic carbocycles. The minimum absolute atomic E-state index is 0.101. The topological polar surface area (TPSA) is 85.9 Å².